The molecule has 0 aliphatic heterocycles. The largest absolute Gasteiger partial charge is 0.369 e. The first-order valence-corrected chi connectivity index (χ1v) is 5.32. The highest BCUT2D eigenvalue weighted by Crippen LogP contribution is 2.03. The van der Waals surface area contributed by atoms with Crippen molar-refractivity contribution in [1.82, 2.24) is 5.32 Å². The van der Waals surface area contributed by atoms with Crippen molar-refractivity contribution in [3.63, 3.8) is 0 Å². The van der Waals surface area contributed by atoms with E-state index in [1.807, 2.05) is 20.8 Å². The topological polar surface area (TPSA) is 38.3 Å². The van der Waals surface area contributed by atoms with E-state index in [9.17, 15) is 4.79 Å². The normalized spacial score (nSPS) is 13.4. The van der Waals surface area contributed by atoms with Crippen LogP contribution in [0.3, 0.4) is 0 Å². The van der Waals surface area contributed by atoms with Crippen molar-refractivity contribution in [3.8, 4) is 0 Å². The van der Waals surface area contributed by atoms with Crippen LogP contribution in [0.1, 0.15) is 41.0 Å². The maximum Gasteiger partial charge on any atom is 0.246 e. The third kappa shape index (κ3) is 8.05. The van der Waals surface area contributed by atoms with Crippen LogP contribution in [0.4, 0.5) is 0 Å². The summed E-state index contributed by atoms with van der Waals surface area (Å²) in [5, 5.41) is 2.90. The molecular formula is C11H23NO2. The average molecular weight is 201 g/mol. The van der Waals surface area contributed by atoms with Crippen LogP contribution in [0.15, 0.2) is 0 Å². The Labute approximate surface area is 87.2 Å². The van der Waals surface area contributed by atoms with Crippen LogP contribution in [-0.2, 0) is 9.53 Å². The van der Waals surface area contributed by atoms with E-state index in [1.165, 1.54) is 0 Å². The minimum Gasteiger partial charge on any atom is -0.369 e. The molecule has 1 N–H and O–H groups in total. The van der Waals surface area contributed by atoms with Gasteiger partial charge in [-0.2, -0.15) is 0 Å². The Kier molecular flexibility index (Phi) is 6.54. The second-order valence-electron chi connectivity index (χ2n) is 4.46. The van der Waals surface area contributed by atoms with Gasteiger partial charge >= 0.3 is 0 Å². The van der Waals surface area contributed by atoms with Crippen LogP contribution in [0, 0.1) is 5.92 Å². The zero-order valence-corrected chi connectivity index (χ0v) is 9.96. The lowest BCUT2D eigenvalue weighted by atomic mass is 10.1. The minimum absolute atomic E-state index is 0.0214. The molecule has 0 fully saturated rings. The Morgan fingerprint density at radius 2 is 1.79 bits per heavy atom. The molecule has 1 atom stereocenters. The van der Waals surface area contributed by atoms with Gasteiger partial charge in [-0.25, -0.2) is 0 Å². The summed E-state index contributed by atoms with van der Waals surface area (Å²) in [5.41, 5.74) is 0. The maximum atomic E-state index is 11.3. The number of rotatable bonds is 6. The predicted molar refractivity (Wildman–Crippen MR) is 58.1 cm³/mol. The summed E-state index contributed by atoms with van der Waals surface area (Å²) < 4.78 is 5.20. The van der Waals surface area contributed by atoms with Gasteiger partial charge in [-0.05, 0) is 33.1 Å². The van der Waals surface area contributed by atoms with E-state index in [4.69, 9.17) is 4.74 Å². The number of nitrogens with one attached hydrogen (secondary N) is 1. The quantitative estimate of drug-likeness (QED) is 0.713. The van der Waals surface area contributed by atoms with Gasteiger partial charge in [-0.1, -0.05) is 13.8 Å². The number of carbonyl (C=O) groups excluding carboxylic acids is 1. The highest BCUT2D eigenvalue weighted by molar-refractivity contribution is 5.77. The first-order valence-electron chi connectivity index (χ1n) is 5.32. The van der Waals surface area contributed by atoms with Crippen LogP contribution in [0.5, 0.6) is 0 Å². The van der Waals surface area contributed by atoms with Crippen molar-refractivity contribution in [1.29, 1.82) is 0 Å². The van der Waals surface area contributed by atoms with E-state index < -0.39 is 0 Å². The van der Waals surface area contributed by atoms with Gasteiger partial charge in [0.25, 0.3) is 0 Å². The first-order chi connectivity index (χ1) is 6.41. The molecule has 0 aromatic heterocycles. The van der Waals surface area contributed by atoms with Crippen LogP contribution in [0.2, 0.25) is 0 Å². The standard InChI is InChI=1S/C11H23NO2/c1-8(2)6-10(5)12-11(13)7-14-9(3)4/h8-10H,6-7H2,1-5H3,(H,12,13). The molecule has 3 nitrogen and oxygen atoms in total. The molecule has 0 saturated carbocycles. The summed E-state index contributed by atoms with van der Waals surface area (Å²) >= 11 is 0. The van der Waals surface area contributed by atoms with E-state index in [0.29, 0.717) is 5.92 Å². The van der Waals surface area contributed by atoms with Crippen molar-refractivity contribution in [2.75, 3.05) is 6.61 Å². The zero-order valence-electron chi connectivity index (χ0n) is 9.96. The Bertz CT molecular complexity index is 167. The van der Waals surface area contributed by atoms with Crippen molar-refractivity contribution in [2.24, 2.45) is 5.92 Å². The molecule has 0 spiro atoms. The molecule has 0 heterocycles. The number of hydrogen-bond donors (Lipinski definition) is 1. The van der Waals surface area contributed by atoms with Crippen molar-refractivity contribution >= 4 is 5.91 Å². The van der Waals surface area contributed by atoms with E-state index in [-0.39, 0.29) is 24.7 Å². The molecule has 84 valence electrons. The minimum atomic E-state index is -0.0214. The van der Waals surface area contributed by atoms with Crippen LogP contribution in [0.25, 0.3) is 0 Å². The predicted octanol–water partition coefficient (Wildman–Crippen LogP) is 1.96. The van der Waals surface area contributed by atoms with Gasteiger partial charge in [0.15, 0.2) is 0 Å². The van der Waals surface area contributed by atoms with Crippen molar-refractivity contribution < 1.29 is 9.53 Å². The molecule has 0 bridgehead atoms. The summed E-state index contributed by atoms with van der Waals surface area (Å²) in [7, 11) is 0. The molecule has 0 aliphatic carbocycles. The van der Waals surface area contributed by atoms with Gasteiger partial charge in [0.2, 0.25) is 5.91 Å². The fourth-order valence-corrected chi connectivity index (χ4v) is 1.32. The fraction of sp³-hybridized carbons (Fsp3) is 0.909. The van der Waals surface area contributed by atoms with E-state index in [0.717, 1.165) is 6.42 Å². The van der Waals surface area contributed by atoms with E-state index >= 15 is 0 Å². The molecule has 0 aliphatic rings. The third-order valence-corrected chi connectivity index (χ3v) is 1.78. The van der Waals surface area contributed by atoms with E-state index in [2.05, 4.69) is 19.2 Å². The van der Waals surface area contributed by atoms with Crippen LogP contribution >= 0.6 is 0 Å². The SMILES string of the molecule is CC(C)CC(C)NC(=O)COC(C)C. The van der Waals surface area contributed by atoms with Gasteiger partial charge in [0.05, 0.1) is 6.10 Å². The molecule has 14 heavy (non-hydrogen) atoms. The van der Waals surface area contributed by atoms with Gasteiger partial charge in [0.1, 0.15) is 6.61 Å². The maximum absolute atomic E-state index is 11.3. The summed E-state index contributed by atoms with van der Waals surface area (Å²) in [5.74, 6) is 0.586. The first kappa shape index (κ1) is 13.4. The van der Waals surface area contributed by atoms with Gasteiger partial charge in [0, 0.05) is 6.04 Å². The molecule has 0 radical (unpaired) electrons. The van der Waals surface area contributed by atoms with Gasteiger partial charge in [-0.15, -0.1) is 0 Å². The smallest absolute Gasteiger partial charge is 0.246 e. The number of carbonyl (C=O) groups is 1. The highest BCUT2D eigenvalue weighted by Gasteiger charge is 2.09. The zero-order chi connectivity index (χ0) is 11.1. The number of amides is 1. The summed E-state index contributed by atoms with van der Waals surface area (Å²) in [4.78, 5) is 11.3. The van der Waals surface area contributed by atoms with Crippen LogP contribution < -0.4 is 5.32 Å². The Morgan fingerprint density at radius 3 is 2.21 bits per heavy atom. The van der Waals surface area contributed by atoms with Crippen LogP contribution in [-0.4, -0.2) is 24.7 Å². The molecule has 0 aromatic carbocycles. The molecule has 3 heteroatoms. The molecule has 1 unspecified atom stereocenters. The lowest BCUT2D eigenvalue weighted by Gasteiger charge is -2.16. The van der Waals surface area contributed by atoms with E-state index in [1.54, 1.807) is 0 Å². The summed E-state index contributed by atoms with van der Waals surface area (Å²) in [6, 6.07) is 0.235. The van der Waals surface area contributed by atoms with Gasteiger partial charge < -0.3 is 10.1 Å². The lowest BCUT2D eigenvalue weighted by molar-refractivity contribution is -0.127. The summed E-state index contributed by atoms with van der Waals surface area (Å²) in [6.45, 7) is 10.3. The number of hydrogen-bond acceptors (Lipinski definition) is 2. The third-order valence-electron chi connectivity index (χ3n) is 1.78. The number of ether oxygens (including phenoxy) is 1. The highest BCUT2D eigenvalue weighted by atomic mass is 16.5. The Balaban J connectivity index is 3.60. The average Bonchev–Trinajstić information content (AvgIpc) is 1.98. The fourth-order valence-electron chi connectivity index (χ4n) is 1.32. The lowest BCUT2D eigenvalue weighted by Crippen LogP contribution is -2.36. The molecule has 1 amide bonds. The van der Waals surface area contributed by atoms with Gasteiger partial charge in [-0.3, -0.25) is 4.79 Å². The molecular weight excluding hydrogens is 178 g/mol. The molecule has 0 aromatic rings. The molecule has 0 saturated heterocycles. The Hall–Kier alpha value is -0.570. The molecule has 0 rings (SSSR count). The monoisotopic (exact) mass is 201 g/mol. The van der Waals surface area contributed by atoms with Crippen molar-refractivity contribution in [3.05, 3.63) is 0 Å². The second-order valence-corrected chi connectivity index (χ2v) is 4.46. The second kappa shape index (κ2) is 6.82. The Morgan fingerprint density at radius 1 is 1.21 bits per heavy atom. The van der Waals surface area contributed by atoms with Crippen molar-refractivity contribution in [2.45, 2.75) is 53.2 Å². The summed E-state index contributed by atoms with van der Waals surface area (Å²) in [6.07, 6.45) is 1.12.